The van der Waals surface area contributed by atoms with E-state index in [1.165, 1.54) is 64.4 Å². The number of imide groups is 2. The summed E-state index contributed by atoms with van der Waals surface area (Å²) in [5, 5.41) is 2.83. The van der Waals surface area contributed by atoms with Gasteiger partial charge in [0.25, 0.3) is 33.7 Å². The van der Waals surface area contributed by atoms with Gasteiger partial charge in [0, 0.05) is 74.1 Å². The van der Waals surface area contributed by atoms with Crippen molar-refractivity contribution in [1.29, 1.82) is 0 Å². The van der Waals surface area contributed by atoms with Gasteiger partial charge in [0.05, 0.1) is 49.9 Å². The minimum Gasteiger partial charge on any atom is -0.587 e. The number of benzene rings is 5. The van der Waals surface area contributed by atoms with Crippen LogP contribution >= 0.6 is 23.2 Å². The molecule has 0 aromatic heterocycles. The van der Waals surface area contributed by atoms with E-state index < -0.39 is 107 Å². The SMILES string of the molecule is O=C1[N-]C(=O)c2ccccc21.[2H]C([2H])(N1C(=O)c2ccccc2C1=O)C1(F)CCN(C(=O)c2ccc(F)c(Cl)c2)CC1.[2H]C([2H])(OS(=O)(=O)c1ccc(C)cc1)C1(F)CCN(C(=O)c2ccc(F)c(Cl)c2)CC1.[K+]. The molecule has 9 rings (SSSR count). The average molecular weight is 1050 g/mol. The first-order valence-corrected chi connectivity index (χ1v) is 23.1. The molecule has 0 unspecified atom stereocenters. The Kier molecular flexibility index (Phi) is 15.8. The number of nitrogens with zero attached hydrogens (tertiary/aromatic N) is 4. The van der Waals surface area contributed by atoms with E-state index in [0.29, 0.717) is 16.0 Å². The van der Waals surface area contributed by atoms with Crippen molar-refractivity contribution >= 4 is 68.8 Å². The Morgan fingerprint density at radius 1 is 0.657 bits per heavy atom. The molecule has 2 saturated heterocycles. The van der Waals surface area contributed by atoms with E-state index in [0.717, 1.165) is 23.8 Å². The number of likely N-dealkylation sites (tertiary alicyclic amines) is 2. The zero-order valence-corrected chi connectivity index (χ0v) is 42.6. The molecule has 70 heavy (non-hydrogen) atoms. The fraction of sp³-hybridized carbons (Fsp3) is 0.265. The van der Waals surface area contributed by atoms with Crippen LogP contribution in [0, 0.1) is 18.6 Å². The van der Waals surface area contributed by atoms with Crippen molar-refractivity contribution in [3.05, 3.63) is 175 Å². The summed E-state index contributed by atoms with van der Waals surface area (Å²) in [5.41, 5.74) is -3.26. The number of fused-ring (bicyclic) bond motifs is 2. The number of piperidine rings is 2. The molecule has 5 aromatic carbocycles. The van der Waals surface area contributed by atoms with Crippen LogP contribution < -0.4 is 51.4 Å². The number of hydrogen-bond donors (Lipinski definition) is 0. The predicted molar refractivity (Wildman–Crippen MR) is 245 cm³/mol. The third-order valence-electron chi connectivity index (χ3n) is 11.4. The summed E-state index contributed by atoms with van der Waals surface area (Å²) in [6.45, 7) is -4.96. The minimum absolute atomic E-state index is 0. The van der Waals surface area contributed by atoms with Crippen molar-refractivity contribution in [3.8, 4) is 0 Å². The summed E-state index contributed by atoms with van der Waals surface area (Å²) in [5.74, 6) is -4.99. The van der Waals surface area contributed by atoms with E-state index in [2.05, 4.69) is 9.50 Å². The van der Waals surface area contributed by atoms with Gasteiger partial charge in [-0.15, -0.1) is 0 Å². The van der Waals surface area contributed by atoms with Crippen LogP contribution in [0.1, 0.15) is 98.9 Å². The van der Waals surface area contributed by atoms with E-state index in [1.807, 2.05) is 0 Å². The quantitative estimate of drug-likeness (QED) is 0.0759. The van der Waals surface area contributed by atoms with Crippen LogP contribution in [-0.2, 0) is 14.3 Å². The molecule has 0 spiro atoms. The topological polar surface area (TPSA) is 170 Å². The number of aryl methyl sites for hydroxylation is 1. The van der Waals surface area contributed by atoms with Crippen molar-refractivity contribution in [2.75, 3.05) is 39.2 Å². The Morgan fingerprint density at radius 2 is 1.06 bits per heavy atom. The zero-order valence-electron chi connectivity index (χ0n) is 41.2. The molecular formula is C49H41Cl2F4KN4O9S. The van der Waals surface area contributed by atoms with Gasteiger partial charge in [0.15, 0.2) is 0 Å². The Labute approximate surface area is 458 Å². The summed E-state index contributed by atoms with van der Waals surface area (Å²) in [6, 6.07) is 25.0. The number of amides is 6. The standard InChI is InChI=1S/C21H17ClF2N2O3.C20H20ClF2NO4S.C8H5NO2.K/c22-16-11-13(5-6-17(16)23)18(27)25-9-7-21(24,8-10-25)12-26-19(28)14-3-1-2-4-15(14)20(26)29;1-14-2-5-16(6-3-14)29(26,27)28-13-20(23)8-10-24(11-9-20)19(25)15-4-7-18(22)17(21)12-15;10-7-5-3-1-2-4-6(5)8(11)9-7;/h1-6,11H,7-10,12H2;2-7,12H,8-11,13H2,1H3;1-4H,(H,9,10,11);/q;;;+1/p-1/i12D2;13D2;;. The van der Waals surface area contributed by atoms with Gasteiger partial charge in [-0.25, -0.2) is 17.6 Å². The summed E-state index contributed by atoms with van der Waals surface area (Å²) in [6.07, 6.45) is -1.81. The molecule has 0 N–H and O–H groups in total. The monoisotopic (exact) mass is 1050 g/mol. The molecule has 4 heterocycles. The van der Waals surface area contributed by atoms with Crippen molar-refractivity contribution < 1.29 is 116 Å². The van der Waals surface area contributed by atoms with Crippen LogP contribution in [0.15, 0.2) is 114 Å². The largest absolute Gasteiger partial charge is 1.00 e. The smallest absolute Gasteiger partial charge is 0.587 e. The molecule has 5 aromatic rings. The Balaban J connectivity index is 0.000000197. The predicted octanol–water partition coefficient (Wildman–Crippen LogP) is 6.22. The van der Waals surface area contributed by atoms with Crippen molar-refractivity contribution in [1.82, 2.24) is 14.7 Å². The van der Waals surface area contributed by atoms with Gasteiger partial charge in [-0.1, -0.05) is 77.3 Å². The molecule has 0 radical (unpaired) electrons. The number of rotatable bonds is 8. The summed E-state index contributed by atoms with van der Waals surface area (Å²) in [7, 11) is -4.55. The molecule has 6 amide bonds. The van der Waals surface area contributed by atoms with E-state index >= 15 is 8.78 Å². The van der Waals surface area contributed by atoms with Crippen LogP contribution in [0.3, 0.4) is 0 Å². The van der Waals surface area contributed by atoms with E-state index in [1.54, 1.807) is 43.3 Å². The van der Waals surface area contributed by atoms with Crippen molar-refractivity contribution in [2.45, 2.75) is 48.8 Å². The molecule has 360 valence electrons. The fourth-order valence-electron chi connectivity index (χ4n) is 7.41. The third kappa shape index (κ3) is 12.6. The summed E-state index contributed by atoms with van der Waals surface area (Å²) >= 11 is 11.4. The molecule has 0 saturated carbocycles. The van der Waals surface area contributed by atoms with Crippen molar-refractivity contribution in [2.24, 2.45) is 0 Å². The van der Waals surface area contributed by atoms with E-state index in [-0.39, 0.29) is 115 Å². The number of halogens is 6. The maximum absolute atomic E-state index is 15.8. The minimum atomic E-state index is -4.55. The number of hydrogen-bond acceptors (Lipinski definition) is 9. The molecule has 0 aliphatic carbocycles. The molecule has 21 heteroatoms. The van der Waals surface area contributed by atoms with E-state index in [9.17, 15) is 46.0 Å². The maximum Gasteiger partial charge on any atom is 1.00 e. The first-order valence-electron chi connectivity index (χ1n) is 23.0. The Bertz CT molecular complexity index is 3100. The Hall–Kier alpha value is -4.83. The van der Waals surface area contributed by atoms with E-state index in [4.69, 9.17) is 28.7 Å². The number of carbonyl (C=O) groups excluding carboxylic acids is 6. The van der Waals surface area contributed by atoms with Gasteiger partial charge in [0.1, 0.15) is 29.5 Å². The second kappa shape index (κ2) is 22.7. The molecule has 0 bridgehead atoms. The normalized spacial score (nSPS) is 18.0. The van der Waals surface area contributed by atoms with Crippen LogP contribution in [0.5, 0.6) is 0 Å². The molecule has 13 nitrogen and oxygen atoms in total. The van der Waals surface area contributed by atoms with Gasteiger partial charge >= 0.3 is 51.4 Å². The average Bonchev–Trinajstić information content (AvgIpc) is 3.80. The second-order valence-electron chi connectivity index (χ2n) is 16.1. The fourth-order valence-corrected chi connectivity index (χ4v) is 8.59. The molecule has 4 aliphatic heterocycles. The van der Waals surface area contributed by atoms with Gasteiger partial charge < -0.3 is 24.7 Å². The molecular weight excluding hydrogens is 1010 g/mol. The second-order valence-corrected chi connectivity index (χ2v) is 18.5. The summed E-state index contributed by atoms with van der Waals surface area (Å²) in [4.78, 5) is 74.9. The van der Waals surface area contributed by atoms with Crippen LogP contribution in [0.2, 0.25) is 10.0 Å². The first kappa shape index (κ1) is 48.8. The summed E-state index contributed by atoms with van der Waals surface area (Å²) < 4.78 is 120. The first-order chi connectivity index (χ1) is 34.2. The maximum atomic E-state index is 15.8. The molecule has 2 fully saturated rings. The Morgan fingerprint density at radius 3 is 1.47 bits per heavy atom. The van der Waals surface area contributed by atoms with Crippen LogP contribution in [0.25, 0.3) is 5.32 Å². The number of carbonyl (C=O) groups is 6. The third-order valence-corrected chi connectivity index (χ3v) is 13.1. The van der Waals surface area contributed by atoms with Gasteiger partial charge in [-0.2, -0.15) is 8.42 Å². The van der Waals surface area contributed by atoms with Crippen molar-refractivity contribution in [3.63, 3.8) is 0 Å². The van der Waals surface area contributed by atoms with Gasteiger partial charge in [0.2, 0.25) is 0 Å². The van der Waals surface area contributed by atoms with Crippen LogP contribution in [-0.4, -0.2) is 109 Å². The zero-order chi connectivity index (χ0) is 53.4. The van der Waals surface area contributed by atoms with Gasteiger partial charge in [-0.05, 0) is 67.6 Å². The van der Waals surface area contributed by atoms with Gasteiger partial charge in [-0.3, -0.25) is 28.3 Å². The van der Waals surface area contributed by atoms with Crippen LogP contribution in [0.4, 0.5) is 17.6 Å². The molecule has 4 aliphatic rings. The number of alkyl halides is 2. The molecule has 0 atom stereocenters.